The van der Waals surface area contributed by atoms with Crippen LogP contribution in [0.4, 0.5) is 10.1 Å². The molecule has 0 aliphatic carbocycles. The third-order valence-electron chi connectivity index (χ3n) is 4.13. The van der Waals surface area contributed by atoms with E-state index in [2.05, 4.69) is 5.32 Å². The van der Waals surface area contributed by atoms with E-state index in [1.807, 2.05) is 6.92 Å². The van der Waals surface area contributed by atoms with Gasteiger partial charge in [-0.05, 0) is 50.2 Å². The third-order valence-corrected chi connectivity index (χ3v) is 5.94. The lowest BCUT2D eigenvalue weighted by Crippen LogP contribution is -2.45. The number of aliphatic hydroxyl groups excluding tert-OH is 1. The molecule has 28 heavy (non-hydrogen) atoms. The smallest absolute Gasteiger partial charge is 0.320 e. The lowest BCUT2D eigenvalue weighted by atomic mass is 10.2. The lowest BCUT2D eigenvalue weighted by Gasteiger charge is -2.27. The van der Waals surface area contributed by atoms with Crippen LogP contribution in [0.3, 0.4) is 0 Å². The van der Waals surface area contributed by atoms with Crippen LogP contribution in [-0.4, -0.2) is 49.8 Å². The zero-order chi connectivity index (χ0) is 20.9. The molecule has 7 nitrogen and oxygen atoms in total. The van der Waals surface area contributed by atoms with Crippen LogP contribution in [0.15, 0.2) is 53.4 Å². The van der Waals surface area contributed by atoms with Gasteiger partial charge >= 0.3 is 5.97 Å². The van der Waals surface area contributed by atoms with E-state index in [0.29, 0.717) is 0 Å². The highest BCUT2D eigenvalue weighted by Gasteiger charge is 2.27. The number of carboxylic acid groups (broad SMARTS) is 1. The van der Waals surface area contributed by atoms with Crippen molar-refractivity contribution in [2.45, 2.75) is 30.9 Å². The SMILES string of the molecule is Cc1ccc(S(=O)(=O)N(CC(O)CNC(C)C(=O)O)c2ccc(F)cc2)cc1. The standard InChI is InChI=1S/C19H23FN2O5S/c1-13-3-9-18(10-4-13)28(26,27)22(16-7-5-15(20)6-8-16)12-17(23)11-21-14(2)19(24)25/h3-10,14,17,21,23H,11-12H2,1-2H3,(H,24,25). The quantitative estimate of drug-likeness (QED) is 0.582. The van der Waals surface area contributed by atoms with E-state index >= 15 is 0 Å². The van der Waals surface area contributed by atoms with Crippen molar-refractivity contribution in [2.24, 2.45) is 0 Å². The maximum absolute atomic E-state index is 13.3. The van der Waals surface area contributed by atoms with E-state index in [0.717, 1.165) is 22.0 Å². The average molecular weight is 410 g/mol. The van der Waals surface area contributed by atoms with Crippen molar-refractivity contribution in [3.05, 3.63) is 59.9 Å². The predicted octanol–water partition coefficient (Wildman–Crippen LogP) is 1.75. The van der Waals surface area contributed by atoms with Crippen LogP contribution in [-0.2, 0) is 14.8 Å². The minimum Gasteiger partial charge on any atom is -0.480 e. The molecule has 3 N–H and O–H groups in total. The summed E-state index contributed by atoms with van der Waals surface area (Å²) in [6, 6.07) is 10.2. The van der Waals surface area contributed by atoms with E-state index in [4.69, 9.17) is 5.11 Å². The molecule has 0 spiro atoms. The Bertz CT molecular complexity index is 901. The van der Waals surface area contributed by atoms with Crippen molar-refractivity contribution in [2.75, 3.05) is 17.4 Å². The van der Waals surface area contributed by atoms with E-state index in [9.17, 15) is 22.7 Å². The van der Waals surface area contributed by atoms with Crippen molar-refractivity contribution < 1.29 is 27.8 Å². The molecule has 2 rings (SSSR count). The Morgan fingerprint density at radius 2 is 1.71 bits per heavy atom. The largest absolute Gasteiger partial charge is 0.480 e. The van der Waals surface area contributed by atoms with E-state index < -0.39 is 34.0 Å². The molecule has 0 heterocycles. The van der Waals surface area contributed by atoms with Gasteiger partial charge in [-0.3, -0.25) is 9.10 Å². The first kappa shape index (κ1) is 21.8. The number of rotatable bonds is 9. The van der Waals surface area contributed by atoms with Gasteiger partial charge in [-0.15, -0.1) is 0 Å². The molecule has 9 heteroatoms. The number of sulfonamides is 1. The van der Waals surface area contributed by atoms with Crippen molar-refractivity contribution in [1.29, 1.82) is 0 Å². The molecular weight excluding hydrogens is 387 g/mol. The maximum Gasteiger partial charge on any atom is 0.320 e. The van der Waals surface area contributed by atoms with Crippen LogP contribution < -0.4 is 9.62 Å². The zero-order valence-electron chi connectivity index (χ0n) is 15.5. The second-order valence-corrected chi connectivity index (χ2v) is 8.31. The van der Waals surface area contributed by atoms with Gasteiger partial charge in [0, 0.05) is 6.54 Å². The molecule has 0 aliphatic rings. The van der Waals surface area contributed by atoms with Crippen LogP contribution in [0.25, 0.3) is 0 Å². The first-order valence-corrected chi connectivity index (χ1v) is 10.0. The Hall–Kier alpha value is -2.49. The number of aliphatic carboxylic acids is 1. The summed E-state index contributed by atoms with van der Waals surface area (Å²) >= 11 is 0. The molecule has 2 unspecified atom stereocenters. The van der Waals surface area contributed by atoms with Crippen molar-refractivity contribution in [3.63, 3.8) is 0 Å². The summed E-state index contributed by atoms with van der Waals surface area (Å²) in [7, 11) is -4.03. The number of benzene rings is 2. The molecular formula is C19H23FN2O5S. The molecule has 0 saturated carbocycles. The molecule has 2 atom stereocenters. The van der Waals surface area contributed by atoms with Crippen LogP contribution in [0.5, 0.6) is 0 Å². The maximum atomic E-state index is 13.3. The highest BCUT2D eigenvalue weighted by Crippen LogP contribution is 2.24. The van der Waals surface area contributed by atoms with E-state index in [-0.39, 0.29) is 23.7 Å². The molecule has 0 amide bonds. The van der Waals surface area contributed by atoms with Crippen molar-refractivity contribution in [1.82, 2.24) is 5.32 Å². The number of nitrogens with one attached hydrogen (secondary N) is 1. The fourth-order valence-electron chi connectivity index (χ4n) is 2.44. The molecule has 0 saturated heterocycles. The van der Waals surface area contributed by atoms with Gasteiger partial charge in [0.2, 0.25) is 0 Å². The molecule has 0 aromatic heterocycles. The second kappa shape index (κ2) is 9.13. The molecule has 2 aromatic carbocycles. The number of halogens is 1. The summed E-state index contributed by atoms with van der Waals surface area (Å²) in [6.45, 7) is 2.78. The summed E-state index contributed by atoms with van der Waals surface area (Å²) < 4.78 is 40.5. The Labute approximate surface area is 163 Å². The van der Waals surface area contributed by atoms with Crippen molar-refractivity contribution >= 4 is 21.7 Å². The van der Waals surface area contributed by atoms with Gasteiger partial charge < -0.3 is 15.5 Å². The van der Waals surface area contributed by atoms with Gasteiger partial charge in [-0.25, -0.2) is 12.8 Å². The van der Waals surface area contributed by atoms with Gasteiger partial charge in [0.15, 0.2) is 0 Å². The number of aryl methyl sites for hydroxylation is 1. The summed E-state index contributed by atoms with van der Waals surface area (Å²) in [6.07, 6.45) is -1.19. The topological polar surface area (TPSA) is 107 Å². The summed E-state index contributed by atoms with van der Waals surface area (Å²) in [4.78, 5) is 10.9. The van der Waals surface area contributed by atoms with Crippen LogP contribution in [0, 0.1) is 12.7 Å². The van der Waals surface area contributed by atoms with Gasteiger partial charge in [-0.2, -0.15) is 0 Å². The number of hydrogen-bond acceptors (Lipinski definition) is 5. The monoisotopic (exact) mass is 410 g/mol. The number of aliphatic hydroxyl groups is 1. The fraction of sp³-hybridized carbons (Fsp3) is 0.316. The van der Waals surface area contributed by atoms with Gasteiger partial charge in [0.05, 0.1) is 23.2 Å². The van der Waals surface area contributed by atoms with Gasteiger partial charge in [0.25, 0.3) is 10.0 Å². The first-order chi connectivity index (χ1) is 13.1. The number of anilines is 1. The predicted molar refractivity (Wildman–Crippen MR) is 103 cm³/mol. The zero-order valence-corrected chi connectivity index (χ0v) is 16.4. The minimum absolute atomic E-state index is 0.0292. The second-order valence-electron chi connectivity index (χ2n) is 6.45. The summed E-state index contributed by atoms with van der Waals surface area (Å²) in [5.41, 5.74) is 1.08. The van der Waals surface area contributed by atoms with Gasteiger partial charge in [0.1, 0.15) is 11.9 Å². The Morgan fingerprint density at radius 3 is 2.25 bits per heavy atom. The highest BCUT2D eigenvalue weighted by atomic mass is 32.2. The Kier molecular flexibility index (Phi) is 7.11. The molecule has 152 valence electrons. The van der Waals surface area contributed by atoms with Crippen LogP contribution in [0.2, 0.25) is 0 Å². The van der Waals surface area contributed by atoms with E-state index in [1.54, 1.807) is 12.1 Å². The Balaban J connectivity index is 2.30. The first-order valence-electron chi connectivity index (χ1n) is 8.60. The molecule has 0 aliphatic heterocycles. The lowest BCUT2D eigenvalue weighted by molar-refractivity contribution is -0.139. The van der Waals surface area contributed by atoms with Crippen LogP contribution in [0.1, 0.15) is 12.5 Å². The molecule has 2 aromatic rings. The van der Waals surface area contributed by atoms with Crippen molar-refractivity contribution in [3.8, 4) is 0 Å². The molecule has 0 fully saturated rings. The number of hydrogen-bond donors (Lipinski definition) is 3. The molecule has 0 bridgehead atoms. The average Bonchev–Trinajstić information content (AvgIpc) is 2.65. The minimum atomic E-state index is -4.03. The highest BCUT2D eigenvalue weighted by molar-refractivity contribution is 7.92. The number of carbonyl (C=O) groups is 1. The summed E-state index contributed by atoms with van der Waals surface area (Å²) in [5.74, 6) is -1.61. The van der Waals surface area contributed by atoms with E-state index in [1.165, 1.54) is 31.2 Å². The molecule has 0 radical (unpaired) electrons. The summed E-state index contributed by atoms with van der Waals surface area (Å²) in [5, 5.41) is 21.8. The van der Waals surface area contributed by atoms with Crippen LogP contribution >= 0.6 is 0 Å². The third kappa shape index (κ3) is 5.51. The number of carboxylic acids is 1. The Morgan fingerprint density at radius 1 is 1.14 bits per heavy atom. The fourth-order valence-corrected chi connectivity index (χ4v) is 3.95. The number of nitrogens with zero attached hydrogens (tertiary/aromatic N) is 1. The normalized spacial score (nSPS) is 13.7. The van der Waals surface area contributed by atoms with Gasteiger partial charge in [-0.1, -0.05) is 17.7 Å².